The molecule has 0 aliphatic carbocycles. The number of carbonyl (C=O) groups excluding carboxylic acids is 1. The molecule has 0 bridgehead atoms. The Morgan fingerprint density at radius 2 is 1.89 bits per heavy atom. The first-order valence-corrected chi connectivity index (χ1v) is 8.84. The minimum atomic E-state index is -0.369. The maximum atomic E-state index is 12.3. The van der Waals surface area contributed by atoms with Crippen molar-refractivity contribution in [2.24, 2.45) is 0 Å². The first-order valence-electron chi connectivity index (χ1n) is 8.84. The van der Waals surface area contributed by atoms with Gasteiger partial charge in [0.05, 0.1) is 12.2 Å². The van der Waals surface area contributed by atoms with Crippen LogP contribution in [0.2, 0.25) is 0 Å². The maximum Gasteiger partial charge on any atom is 0.271 e. The molecule has 2 heterocycles. The highest BCUT2D eigenvalue weighted by Gasteiger charge is 2.12. The second-order valence-corrected chi connectivity index (χ2v) is 6.11. The van der Waals surface area contributed by atoms with Crippen molar-refractivity contribution in [2.45, 2.75) is 0 Å². The minimum absolute atomic E-state index is 0.195. The van der Waals surface area contributed by atoms with E-state index in [0.29, 0.717) is 18.0 Å². The van der Waals surface area contributed by atoms with Crippen molar-refractivity contribution in [1.82, 2.24) is 20.1 Å². The van der Waals surface area contributed by atoms with Crippen LogP contribution in [0.3, 0.4) is 0 Å². The summed E-state index contributed by atoms with van der Waals surface area (Å²) in [6, 6.07) is 19.9. The molecule has 0 atom stereocenters. The van der Waals surface area contributed by atoms with Crippen LogP contribution in [-0.2, 0) is 0 Å². The van der Waals surface area contributed by atoms with Gasteiger partial charge in [0, 0.05) is 17.6 Å². The first kappa shape index (κ1) is 17.5. The number of fused-ring (bicyclic) bond motifs is 1. The van der Waals surface area contributed by atoms with Gasteiger partial charge in [-0.1, -0.05) is 36.4 Å². The molecule has 0 radical (unpaired) electrons. The third-order valence-electron chi connectivity index (χ3n) is 4.22. The van der Waals surface area contributed by atoms with Crippen LogP contribution in [0.1, 0.15) is 10.5 Å². The van der Waals surface area contributed by atoms with E-state index in [9.17, 15) is 9.59 Å². The highest BCUT2D eigenvalue weighted by Crippen LogP contribution is 2.22. The zero-order valence-electron chi connectivity index (χ0n) is 15.0. The van der Waals surface area contributed by atoms with Crippen LogP contribution in [0, 0.1) is 0 Å². The summed E-state index contributed by atoms with van der Waals surface area (Å²) < 4.78 is 7.08. The molecule has 2 aromatic heterocycles. The summed E-state index contributed by atoms with van der Waals surface area (Å²) in [6.07, 6.45) is 1.71. The molecule has 2 aromatic carbocycles. The molecule has 0 aliphatic rings. The van der Waals surface area contributed by atoms with Crippen molar-refractivity contribution in [3.8, 4) is 11.4 Å². The topological polar surface area (TPSA) is 89.0 Å². The number of carbonyl (C=O) groups is 1. The lowest BCUT2D eigenvalue weighted by Crippen LogP contribution is -2.28. The summed E-state index contributed by atoms with van der Waals surface area (Å²) >= 11 is 0. The number of pyridine rings is 1. The highest BCUT2D eigenvalue weighted by molar-refractivity contribution is 5.92. The van der Waals surface area contributed by atoms with Crippen LogP contribution in [0.5, 0.6) is 5.75 Å². The number of nitrogens with one attached hydrogen (secondary N) is 2. The molecule has 140 valence electrons. The molecule has 4 aromatic rings. The number of hydrogen-bond donors (Lipinski definition) is 2. The van der Waals surface area contributed by atoms with Gasteiger partial charge in [-0.15, -0.1) is 0 Å². The predicted molar refractivity (Wildman–Crippen MR) is 106 cm³/mol. The van der Waals surface area contributed by atoms with Gasteiger partial charge in [-0.3, -0.25) is 19.7 Å². The van der Waals surface area contributed by atoms with E-state index in [1.807, 2.05) is 48.5 Å². The minimum Gasteiger partial charge on any atom is -0.489 e. The van der Waals surface area contributed by atoms with Gasteiger partial charge in [-0.2, -0.15) is 0 Å². The smallest absolute Gasteiger partial charge is 0.271 e. The Morgan fingerprint density at radius 1 is 1.07 bits per heavy atom. The number of rotatable bonds is 6. The summed E-state index contributed by atoms with van der Waals surface area (Å²) in [4.78, 5) is 28.7. The Morgan fingerprint density at radius 3 is 2.75 bits per heavy atom. The quantitative estimate of drug-likeness (QED) is 0.508. The molecular weight excluding hydrogens is 356 g/mol. The fraction of sp³-hybridized carbons (Fsp3) is 0.0952. The van der Waals surface area contributed by atoms with Gasteiger partial charge in [0.25, 0.3) is 11.5 Å². The molecule has 7 nitrogen and oxygen atoms in total. The summed E-state index contributed by atoms with van der Waals surface area (Å²) in [5.74, 6) is 0.294. The van der Waals surface area contributed by atoms with Crippen LogP contribution in [0.4, 0.5) is 0 Å². The van der Waals surface area contributed by atoms with Gasteiger partial charge in [-0.05, 0) is 24.3 Å². The number of benzene rings is 2. The third kappa shape index (κ3) is 3.64. The van der Waals surface area contributed by atoms with Crippen molar-refractivity contribution in [2.75, 3.05) is 13.2 Å². The van der Waals surface area contributed by atoms with Crippen molar-refractivity contribution >= 4 is 16.8 Å². The second-order valence-electron chi connectivity index (χ2n) is 6.11. The van der Waals surface area contributed by atoms with E-state index in [1.165, 1.54) is 10.7 Å². The number of para-hydroxylation sites is 2. The van der Waals surface area contributed by atoms with Crippen LogP contribution in [0.25, 0.3) is 16.6 Å². The van der Waals surface area contributed by atoms with Crippen molar-refractivity contribution in [1.29, 1.82) is 0 Å². The molecule has 0 spiro atoms. The van der Waals surface area contributed by atoms with E-state index in [4.69, 9.17) is 4.74 Å². The number of nitrogens with zero attached hydrogens (tertiary/aromatic N) is 2. The van der Waals surface area contributed by atoms with Gasteiger partial charge in [0.15, 0.2) is 0 Å². The van der Waals surface area contributed by atoms with Crippen molar-refractivity contribution < 1.29 is 9.53 Å². The number of aromatic nitrogens is 3. The zero-order valence-corrected chi connectivity index (χ0v) is 15.0. The van der Waals surface area contributed by atoms with E-state index < -0.39 is 0 Å². The van der Waals surface area contributed by atoms with Gasteiger partial charge in [0.2, 0.25) is 0 Å². The summed E-state index contributed by atoms with van der Waals surface area (Å²) in [6.45, 7) is 0.575. The lowest BCUT2D eigenvalue weighted by atomic mass is 10.2. The standard InChI is InChI=1S/C21H18N4O3/c26-19-14-17(24-25(19)16-8-2-1-3-9-16)21(27)23-12-13-28-18-10-4-6-15-7-5-11-22-20(15)18/h1-11,14,24H,12-13H2,(H,23,27). The molecule has 0 saturated carbocycles. The van der Waals surface area contributed by atoms with E-state index in [0.717, 1.165) is 10.9 Å². The third-order valence-corrected chi connectivity index (χ3v) is 4.22. The molecule has 0 aliphatic heterocycles. The zero-order chi connectivity index (χ0) is 19.3. The van der Waals surface area contributed by atoms with E-state index in [2.05, 4.69) is 15.4 Å². The molecule has 7 heteroatoms. The average Bonchev–Trinajstić information content (AvgIpc) is 3.13. The lowest BCUT2D eigenvalue weighted by Gasteiger charge is -2.09. The summed E-state index contributed by atoms with van der Waals surface area (Å²) in [5, 5.41) is 6.55. The fourth-order valence-electron chi connectivity index (χ4n) is 2.89. The highest BCUT2D eigenvalue weighted by atomic mass is 16.5. The average molecular weight is 374 g/mol. The molecule has 28 heavy (non-hydrogen) atoms. The molecule has 0 saturated heterocycles. The number of amides is 1. The molecule has 0 fully saturated rings. The van der Waals surface area contributed by atoms with E-state index in [-0.39, 0.29) is 23.8 Å². The summed E-state index contributed by atoms with van der Waals surface area (Å²) in [5.41, 5.74) is 1.34. The van der Waals surface area contributed by atoms with Crippen molar-refractivity contribution in [3.63, 3.8) is 0 Å². The maximum absolute atomic E-state index is 12.3. The van der Waals surface area contributed by atoms with Crippen LogP contribution in [-0.4, -0.2) is 33.8 Å². The number of ether oxygens (including phenoxy) is 1. The largest absolute Gasteiger partial charge is 0.489 e. The number of H-pyrrole nitrogens is 1. The number of hydrogen-bond acceptors (Lipinski definition) is 4. The Hall–Kier alpha value is -3.87. The first-order chi connectivity index (χ1) is 13.7. The number of aromatic amines is 1. The monoisotopic (exact) mass is 374 g/mol. The fourth-order valence-corrected chi connectivity index (χ4v) is 2.89. The Balaban J connectivity index is 1.37. The van der Waals surface area contributed by atoms with Crippen LogP contribution < -0.4 is 15.6 Å². The summed E-state index contributed by atoms with van der Waals surface area (Å²) in [7, 11) is 0. The lowest BCUT2D eigenvalue weighted by molar-refractivity contribution is 0.0941. The molecule has 2 N–H and O–H groups in total. The van der Waals surface area contributed by atoms with E-state index in [1.54, 1.807) is 18.3 Å². The molecule has 0 unspecified atom stereocenters. The Bertz CT molecular complexity index is 1160. The Labute approximate surface area is 160 Å². The van der Waals surface area contributed by atoms with Gasteiger partial charge in [0.1, 0.15) is 23.6 Å². The predicted octanol–water partition coefficient (Wildman–Crippen LogP) is 2.52. The SMILES string of the molecule is O=C(NCCOc1cccc2cccnc12)c1cc(=O)n(-c2ccccc2)[nH]1. The van der Waals surface area contributed by atoms with Gasteiger partial charge >= 0.3 is 0 Å². The van der Waals surface area contributed by atoms with Crippen molar-refractivity contribution in [3.05, 3.63) is 89.0 Å². The molecule has 4 rings (SSSR count). The molecule has 1 amide bonds. The van der Waals surface area contributed by atoms with Crippen LogP contribution in [0.15, 0.2) is 77.7 Å². The van der Waals surface area contributed by atoms with Gasteiger partial charge in [-0.25, -0.2) is 4.68 Å². The molecular formula is C21H18N4O3. The normalized spacial score (nSPS) is 10.7. The Kier molecular flexibility index (Phi) is 4.88. The van der Waals surface area contributed by atoms with Crippen LogP contribution >= 0.6 is 0 Å². The van der Waals surface area contributed by atoms with E-state index >= 15 is 0 Å². The second kappa shape index (κ2) is 7.79. The van der Waals surface area contributed by atoms with Gasteiger partial charge < -0.3 is 10.1 Å².